The van der Waals surface area contributed by atoms with E-state index in [0.717, 1.165) is 25.8 Å². The Kier molecular flexibility index (Phi) is 5.20. The molecule has 0 spiro atoms. The molecule has 0 aliphatic heterocycles. The number of hydrogen-bond acceptors (Lipinski definition) is 4. The molecule has 0 radical (unpaired) electrons. The Hall–Kier alpha value is -1.59. The van der Waals surface area contributed by atoms with Crippen LogP contribution in [-0.2, 0) is 11.4 Å². The van der Waals surface area contributed by atoms with E-state index in [1.54, 1.807) is 12.1 Å². The summed E-state index contributed by atoms with van der Waals surface area (Å²) in [4.78, 5) is 12.0. The van der Waals surface area contributed by atoms with E-state index in [1.165, 1.54) is 0 Å². The quantitative estimate of drug-likeness (QED) is 0.638. The van der Waals surface area contributed by atoms with Gasteiger partial charge < -0.3 is 20.9 Å². The van der Waals surface area contributed by atoms with Gasteiger partial charge in [-0.25, -0.2) is 0 Å². The molecule has 21 heavy (non-hydrogen) atoms. The lowest BCUT2D eigenvalue weighted by Crippen LogP contribution is -2.61. The van der Waals surface area contributed by atoms with Crippen LogP contribution in [0.5, 0.6) is 5.75 Å². The zero-order chi connectivity index (χ0) is 15.3. The number of nitrogens with one attached hydrogen (secondary N) is 1. The van der Waals surface area contributed by atoms with Crippen molar-refractivity contribution in [3.63, 3.8) is 0 Å². The predicted octanol–water partition coefficient (Wildman–Crippen LogP) is 1.19. The number of aliphatic hydroxyl groups is 1. The number of amides is 1. The van der Waals surface area contributed by atoms with Crippen molar-refractivity contribution in [1.29, 1.82) is 0 Å². The van der Waals surface area contributed by atoms with Crippen molar-refractivity contribution in [2.45, 2.75) is 38.3 Å². The van der Waals surface area contributed by atoms with Gasteiger partial charge >= 0.3 is 0 Å². The van der Waals surface area contributed by atoms with Crippen molar-refractivity contribution >= 4 is 5.91 Å². The van der Waals surface area contributed by atoms with Crippen LogP contribution < -0.4 is 15.8 Å². The standard InChI is InChI=1S/C16H24N2O3/c1-2-9-18-16(15(17)20,13-7-8-13)11-21-14-6-4-3-5-12(14)10-19/h3-6,13,18-19H,2,7-11H2,1H3,(H2,17,20). The summed E-state index contributed by atoms with van der Waals surface area (Å²) < 4.78 is 5.83. The van der Waals surface area contributed by atoms with E-state index < -0.39 is 5.54 Å². The number of carbonyl (C=O) groups excluding carboxylic acids is 1. The second-order valence-electron chi connectivity index (χ2n) is 5.59. The lowest BCUT2D eigenvalue weighted by Gasteiger charge is -2.32. The average Bonchev–Trinajstić information content (AvgIpc) is 3.33. The van der Waals surface area contributed by atoms with Crippen LogP contribution in [0.4, 0.5) is 0 Å². The highest BCUT2D eigenvalue weighted by molar-refractivity contribution is 5.85. The van der Waals surface area contributed by atoms with Crippen LogP contribution in [0.2, 0.25) is 0 Å². The molecule has 4 N–H and O–H groups in total. The van der Waals surface area contributed by atoms with Gasteiger partial charge in [-0.05, 0) is 37.8 Å². The number of rotatable bonds is 9. The van der Waals surface area contributed by atoms with Gasteiger partial charge in [-0.1, -0.05) is 25.1 Å². The van der Waals surface area contributed by atoms with Gasteiger partial charge in [-0.2, -0.15) is 0 Å². The van der Waals surface area contributed by atoms with Gasteiger partial charge in [0, 0.05) is 5.56 Å². The molecule has 1 aliphatic carbocycles. The monoisotopic (exact) mass is 292 g/mol. The molecule has 116 valence electrons. The second-order valence-corrected chi connectivity index (χ2v) is 5.59. The summed E-state index contributed by atoms with van der Waals surface area (Å²) in [5.41, 5.74) is 5.56. The molecular weight excluding hydrogens is 268 g/mol. The molecule has 1 aromatic carbocycles. The van der Waals surface area contributed by atoms with Crippen LogP contribution in [0.25, 0.3) is 0 Å². The number of nitrogens with two attached hydrogens (primary N) is 1. The summed E-state index contributed by atoms with van der Waals surface area (Å²) in [5.74, 6) is 0.479. The third-order valence-corrected chi connectivity index (χ3v) is 4.00. The van der Waals surface area contributed by atoms with Crippen LogP contribution >= 0.6 is 0 Å². The van der Waals surface area contributed by atoms with Crippen molar-refractivity contribution < 1.29 is 14.6 Å². The van der Waals surface area contributed by atoms with Gasteiger partial charge in [-0.15, -0.1) is 0 Å². The number of carbonyl (C=O) groups is 1. The summed E-state index contributed by atoms with van der Waals surface area (Å²) in [6.45, 7) is 2.88. The lowest BCUT2D eigenvalue weighted by molar-refractivity contribution is -0.126. The normalized spacial score (nSPS) is 17.2. The molecule has 1 saturated carbocycles. The van der Waals surface area contributed by atoms with Gasteiger partial charge in [0.2, 0.25) is 5.91 Å². The highest BCUT2D eigenvalue weighted by Crippen LogP contribution is 2.40. The fraction of sp³-hybridized carbons (Fsp3) is 0.562. The Morgan fingerprint density at radius 1 is 1.48 bits per heavy atom. The van der Waals surface area contributed by atoms with E-state index in [0.29, 0.717) is 11.3 Å². The topological polar surface area (TPSA) is 84.6 Å². The first-order valence-electron chi connectivity index (χ1n) is 7.50. The molecule has 5 nitrogen and oxygen atoms in total. The summed E-state index contributed by atoms with van der Waals surface area (Å²) >= 11 is 0. The minimum atomic E-state index is -0.807. The van der Waals surface area contributed by atoms with Gasteiger partial charge in [0.25, 0.3) is 0 Å². The molecule has 0 heterocycles. The maximum absolute atomic E-state index is 12.0. The number of para-hydroxylation sites is 1. The smallest absolute Gasteiger partial charge is 0.241 e. The average molecular weight is 292 g/mol. The number of aliphatic hydroxyl groups excluding tert-OH is 1. The minimum Gasteiger partial charge on any atom is -0.491 e. The maximum atomic E-state index is 12.0. The Labute approximate surface area is 125 Å². The van der Waals surface area contributed by atoms with Crippen molar-refractivity contribution in [1.82, 2.24) is 5.32 Å². The zero-order valence-corrected chi connectivity index (χ0v) is 12.5. The molecule has 1 unspecified atom stereocenters. The third kappa shape index (κ3) is 3.54. The third-order valence-electron chi connectivity index (χ3n) is 4.00. The number of hydrogen-bond donors (Lipinski definition) is 3. The van der Waals surface area contributed by atoms with E-state index in [4.69, 9.17) is 10.5 Å². The molecule has 0 bridgehead atoms. The summed E-state index contributed by atoms with van der Waals surface area (Å²) in [6, 6.07) is 7.29. The van der Waals surface area contributed by atoms with Crippen molar-refractivity contribution in [2.75, 3.05) is 13.2 Å². The molecule has 5 heteroatoms. The van der Waals surface area contributed by atoms with Crippen LogP contribution in [0.1, 0.15) is 31.7 Å². The van der Waals surface area contributed by atoms with Gasteiger partial charge in [0.05, 0.1) is 6.61 Å². The number of benzene rings is 1. The van der Waals surface area contributed by atoms with E-state index in [9.17, 15) is 9.90 Å². The van der Waals surface area contributed by atoms with E-state index >= 15 is 0 Å². The van der Waals surface area contributed by atoms with Crippen LogP contribution in [0, 0.1) is 5.92 Å². The molecule has 0 saturated heterocycles. The summed E-state index contributed by atoms with van der Waals surface area (Å²) in [5, 5.41) is 12.6. The highest BCUT2D eigenvalue weighted by atomic mass is 16.5. The SMILES string of the molecule is CCCNC(COc1ccccc1CO)(C(N)=O)C1CC1. The molecular formula is C16H24N2O3. The van der Waals surface area contributed by atoms with Crippen LogP contribution in [0.15, 0.2) is 24.3 Å². The predicted molar refractivity (Wildman–Crippen MR) is 80.8 cm³/mol. The maximum Gasteiger partial charge on any atom is 0.241 e. The molecule has 2 rings (SSSR count). The Morgan fingerprint density at radius 2 is 2.19 bits per heavy atom. The van der Waals surface area contributed by atoms with Crippen molar-refractivity contribution in [3.8, 4) is 5.75 Å². The highest BCUT2D eigenvalue weighted by Gasteiger charge is 2.50. The minimum absolute atomic E-state index is 0.0917. The number of ether oxygens (including phenoxy) is 1. The molecule has 1 atom stereocenters. The number of primary amides is 1. The Bertz CT molecular complexity index is 488. The summed E-state index contributed by atoms with van der Waals surface area (Å²) in [6.07, 6.45) is 2.91. The summed E-state index contributed by atoms with van der Waals surface area (Å²) in [7, 11) is 0. The van der Waals surface area contributed by atoms with E-state index in [2.05, 4.69) is 5.32 Å². The fourth-order valence-corrected chi connectivity index (χ4v) is 2.56. The zero-order valence-electron chi connectivity index (χ0n) is 12.5. The first-order valence-corrected chi connectivity index (χ1v) is 7.50. The molecule has 0 aromatic heterocycles. The molecule has 1 amide bonds. The molecule has 1 fully saturated rings. The van der Waals surface area contributed by atoms with Crippen molar-refractivity contribution in [3.05, 3.63) is 29.8 Å². The van der Waals surface area contributed by atoms with Crippen LogP contribution in [-0.4, -0.2) is 29.7 Å². The van der Waals surface area contributed by atoms with Crippen LogP contribution in [0.3, 0.4) is 0 Å². The lowest BCUT2D eigenvalue weighted by atomic mass is 9.93. The van der Waals surface area contributed by atoms with Crippen molar-refractivity contribution in [2.24, 2.45) is 11.7 Å². The van der Waals surface area contributed by atoms with E-state index in [1.807, 2.05) is 19.1 Å². The molecule has 1 aliphatic rings. The van der Waals surface area contributed by atoms with E-state index in [-0.39, 0.29) is 25.0 Å². The molecule has 1 aromatic rings. The Balaban J connectivity index is 2.13. The fourth-order valence-electron chi connectivity index (χ4n) is 2.56. The second kappa shape index (κ2) is 6.91. The van der Waals surface area contributed by atoms with Gasteiger partial charge in [0.1, 0.15) is 17.9 Å². The largest absolute Gasteiger partial charge is 0.491 e. The van der Waals surface area contributed by atoms with Gasteiger partial charge in [-0.3, -0.25) is 4.79 Å². The first kappa shape index (κ1) is 15.8. The van der Waals surface area contributed by atoms with Gasteiger partial charge in [0.15, 0.2) is 0 Å². The Morgan fingerprint density at radius 3 is 2.76 bits per heavy atom. The first-order chi connectivity index (χ1) is 10.1.